The molecule has 2 aliphatic heterocycles. The van der Waals surface area contributed by atoms with Gasteiger partial charge in [0.1, 0.15) is 17.1 Å². The molecule has 4 rings (SSSR count). The van der Waals surface area contributed by atoms with E-state index in [0.717, 1.165) is 11.3 Å². The van der Waals surface area contributed by atoms with Crippen molar-refractivity contribution in [1.82, 2.24) is 9.62 Å². The van der Waals surface area contributed by atoms with Gasteiger partial charge in [0.2, 0.25) is 15.9 Å². The Morgan fingerprint density at radius 2 is 1.94 bits per heavy atom. The quantitative estimate of drug-likeness (QED) is 0.741. The maximum Gasteiger partial charge on any atom is 0.243 e. The monoisotopic (exact) mass is 458 g/mol. The molecule has 1 saturated heterocycles. The predicted molar refractivity (Wildman–Crippen MR) is 121 cm³/mol. The van der Waals surface area contributed by atoms with Crippen molar-refractivity contribution in [3.05, 3.63) is 54.1 Å². The fraction of sp³-hybridized carbons (Fsp3) is 0.458. The molecule has 1 amide bonds. The number of sulfonamides is 1. The van der Waals surface area contributed by atoms with Crippen LogP contribution in [0, 0.1) is 5.92 Å². The number of hydrogen-bond donors (Lipinski definition) is 1. The fourth-order valence-corrected chi connectivity index (χ4v) is 6.04. The lowest BCUT2D eigenvalue weighted by molar-refractivity contribution is -0.127. The number of amides is 1. The molecule has 0 aromatic heterocycles. The minimum absolute atomic E-state index is 0.130. The average molecular weight is 459 g/mol. The lowest BCUT2D eigenvalue weighted by Gasteiger charge is -2.39. The van der Waals surface area contributed by atoms with Gasteiger partial charge in [-0.25, -0.2) is 8.42 Å². The summed E-state index contributed by atoms with van der Waals surface area (Å²) in [6.07, 6.45) is 1.91. The van der Waals surface area contributed by atoms with Crippen molar-refractivity contribution >= 4 is 15.9 Å². The molecule has 2 aliphatic rings. The van der Waals surface area contributed by atoms with Gasteiger partial charge in [0.05, 0.1) is 24.0 Å². The number of fused-ring (bicyclic) bond motifs is 1. The van der Waals surface area contributed by atoms with Crippen LogP contribution in [0.15, 0.2) is 53.4 Å². The molecule has 0 aliphatic carbocycles. The Hall–Kier alpha value is -2.58. The van der Waals surface area contributed by atoms with E-state index in [2.05, 4.69) is 5.32 Å². The number of carbonyl (C=O) groups is 1. The number of benzene rings is 2. The zero-order valence-corrected chi connectivity index (χ0v) is 19.5. The molecule has 172 valence electrons. The molecule has 8 heteroatoms. The minimum Gasteiger partial charge on any atom is -0.497 e. The Labute approximate surface area is 189 Å². The highest BCUT2D eigenvalue weighted by atomic mass is 32.2. The molecule has 0 radical (unpaired) electrons. The topological polar surface area (TPSA) is 84.9 Å². The van der Waals surface area contributed by atoms with E-state index >= 15 is 0 Å². The third-order valence-corrected chi connectivity index (χ3v) is 8.01. The lowest BCUT2D eigenvalue weighted by atomic mass is 9.88. The number of nitrogens with one attached hydrogen (secondary N) is 1. The van der Waals surface area contributed by atoms with E-state index in [1.807, 2.05) is 32.0 Å². The van der Waals surface area contributed by atoms with Gasteiger partial charge in [0.15, 0.2) is 0 Å². The fourth-order valence-electron chi connectivity index (χ4n) is 4.49. The van der Waals surface area contributed by atoms with E-state index in [9.17, 15) is 13.2 Å². The molecule has 32 heavy (non-hydrogen) atoms. The Bertz CT molecular complexity index is 1080. The van der Waals surface area contributed by atoms with E-state index in [0.29, 0.717) is 31.6 Å². The van der Waals surface area contributed by atoms with Gasteiger partial charge in [0.25, 0.3) is 0 Å². The number of piperidine rings is 1. The van der Waals surface area contributed by atoms with E-state index in [-0.39, 0.29) is 23.4 Å². The summed E-state index contributed by atoms with van der Waals surface area (Å²) in [5, 5.41) is 3.17. The van der Waals surface area contributed by atoms with Crippen LogP contribution in [-0.2, 0) is 14.8 Å². The van der Waals surface area contributed by atoms with Gasteiger partial charge in [-0.1, -0.05) is 18.2 Å². The second-order valence-electron chi connectivity index (χ2n) is 9.05. The van der Waals surface area contributed by atoms with E-state index in [1.54, 1.807) is 37.4 Å². The number of rotatable bonds is 5. The molecule has 2 aromatic rings. The summed E-state index contributed by atoms with van der Waals surface area (Å²) < 4.78 is 38.9. The van der Waals surface area contributed by atoms with Crippen molar-refractivity contribution < 1.29 is 22.7 Å². The first kappa shape index (κ1) is 22.6. The molecule has 1 N–H and O–H groups in total. The summed E-state index contributed by atoms with van der Waals surface area (Å²) in [7, 11) is -2.02. The van der Waals surface area contributed by atoms with Crippen molar-refractivity contribution in [3.8, 4) is 11.5 Å². The van der Waals surface area contributed by atoms with Crippen LogP contribution in [0.25, 0.3) is 0 Å². The van der Waals surface area contributed by atoms with Crippen LogP contribution in [-0.4, -0.2) is 44.4 Å². The Kier molecular flexibility index (Phi) is 6.18. The predicted octanol–water partition coefficient (Wildman–Crippen LogP) is 3.51. The first-order valence-electron chi connectivity index (χ1n) is 10.9. The smallest absolute Gasteiger partial charge is 0.243 e. The molecule has 0 saturated carbocycles. The third kappa shape index (κ3) is 4.61. The average Bonchev–Trinajstić information content (AvgIpc) is 2.79. The highest BCUT2D eigenvalue weighted by Crippen LogP contribution is 2.41. The van der Waals surface area contributed by atoms with Crippen molar-refractivity contribution in [3.63, 3.8) is 0 Å². The van der Waals surface area contributed by atoms with Gasteiger partial charge in [0, 0.05) is 25.1 Å². The number of ether oxygens (including phenoxy) is 2. The molecular weight excluding hydrogens is 428 g/mol. The zero-order chi connectivity index (χ0) is 22.9. The first-order chi connectivity index (χ1) is 15.2. The number of carbonyl (C=O) groups excluding carboxylic acids is 1. The van der Waals surface area contributed by atoms with Crippen LogP contribution >= 0.6 is 0 Å². The Balaban J connectivity index is 1.52. The number of hydrogen-bond acceptors (Lipinski definition) is 5. The second-order valence-corrected chi connectivity index (χ2v) is 11.0. The normalized spacial score (nSPS) is 23.0. The van der Waals surface area contributed by atoms with E-state index in [1.165, 1.54) is 4.31 Å². The van der Waals surface area contributed by atoms with Crippen LogP contribution < -0.4 is 14.8 Å². The van der Waals surface area contributed by atoms with Crippen LogP contribution in [0.3, 0.4) is 0 Å². The van der Waals surface area contributed by atoms with Gasteiger partial charge in [-0.05, 0) is 57.0 Å². The molecule has 2 atom stereocenters. The van der Waals surface area contributed by atoms with Gasteiger partial charge < -0.3 is 14.8 Å². The summed E-state index contributed by atoms with van der Waals surface area (Å²) in [5.74, 6) is 0.894. The van der Waals surface area contributed by atoms with Crippen LogP contribution in [0.4, 0.5) is 0 Å². The van der Waals surface area contributed by atoms with Gasteiger partial charge in [-0.3, -0.25) is 4.79 Å². The number of methoxy groups -OCH3 is 1. The standard InChI is InChI=1S/C24H30N2O5S/c1-24(2)15-21(20-14-18(30-3)11-12-22(20)31-24)25-23(27)17-8-7-13-26(16-17)32(28,29)19-9-5-4-6-10-19/h4-6,9-12,14,17,21H,7-8,13,15-16H2,1-3H3,(H,25,27)/t17-,21+/m1/s1. The van der Waals surface area contributed by atoms with Crippen LogP contribution in [0.5, 0.6) is 11.5 Å². The van der Waals surface area contributed by atoms with Gasteiger partial charge >= 0.3 is 0 Å². The summed E-state index contributed by atoms with van der Waals surface area (Å²) in [6, 6.07) is 13.7. The molecule has 0 unspecified atom stereocenters. The maximum absolute atomic E-state index is 13.2. The molecule has 0 bridgehead atoms. The van der Waals surface area contributed by atoms with E-state index in [4.69, 9.17) is 9.47 Å². The largest absolute Gasteiger partial charge is 0.497 e. The summed E-state index contributed by atoms with van der Waals surface area (Å²) in [5.41, 5.74) is 0.441. The Morgan fingerprint density at radius 3 is 2.66 bits per heavy atom. The van der Waals surface area contributed by atoms with Crippen molar-refractivity contribution in [2.75, 3.05) is 20.2 Å². The van der Waals surface area contributed by atoms with Crippen molar-refractivity contribution in [2.24, 2.45) is 5.92 Å². The van der Waals surface area contributed by atoms with Crippen molar-refractivity contribution in [2.45, 2.75) is 49.6 Å². The molecule has 7 nitrogen and oxygen atoms in total. The van der Waals surface area contributed by atoms with E-state index < -0.39 is 21.5 Å². The molecular formula is C24H30N2O5S. The molecule has 0 spiro atoms. The number of nitrogens with zero attached hydrogens (tertiary/aromatic N) is 1. The first-order valence-corrected chi connectivity index (χ1v) is 12.4. The van der Waals surface area contributed by atoms with Gasteiger partial charge in [-0.2, -0.15) is 4.31 Å². The molecule has 1 fully saturated rings. The minimum atomic E-state index is -3.62. The van der Waals surface area contributed by atoms with Crippen LogP contribution in [0.1, 0.15) is 44.7 Å². The SMILES string of the molecule is COc1ccc2c(c1)[C@@H](NC(=O)[C@@H]1CCCN(S(=O)(=O)c3ccccc3)C1)CC(C)(C)O2. The second kappa shape index (κ2) is 8.75. The maximum atomic E-state index is 13.2. The summed E-state index contributed by atoms with van der Waals surface area (Å²) in [4.78, 5) is 13.5. The zero-order valence-electron chi connectivity index (χ0n) is 18.7. The molecule has 2 aromatic carbocycles. The van der Waals surface area contributed by atoms with Crippen LogP contribution in [0.2, 0.25) is 0 Å². The summed E-state index contributed by atoms with van der Waals surface area (Å²) in [6.45, 7) is 4.59. The Morgan fingerprint density at radius 1 is 1.19 bits per heavy atom. The molecule has 2 heterocycles. The highest BCUT2D eigenvalue weighted by Gasteiger charge is 2.38. The third-order valence-electron chi connectivity index (χ3n) is 6.13. The summed E-state index contributed by atoms with van der Waals surface area (Å²) >= 11 is 0. The highest BCUT2D eigenvalue weighted by molar-refractivity contribution is 7.89. The van der Waals surface area contributed by atoms with Crippen molar-refractivity contribution in [1.29, 1.82) is 0 Å². The lowest BCUT2D eigenvalue weighted by Crippen LogP contribution is -2.48. The van der Waals surface area contributed by atoms with Gasteiger partial charge in [-0.15, -0.1) is 0 Å².